The molecule has 0 bridgehead atoms. The van der Waals surface area contributed by atoms with Crippen molar-refractivity contribution in [2.24, 2.45) is 0 Å². The van der Waals surface area contributed by atoms with Crippen molar-refractivity contribution in [3.63, 3.8) is 0 Å². The van der Waals surface area contributed by atoms with Crippen molar-refractivity contribution >= 4 is 0 Å². The third kappa shape index (κ3) is 54.2. The smallest absolute Gasteiger partial charge is 0.0594 e. The molecule has 530 valence electrons. The summed E-state index contributed by atoms with van der Waals surface area (Å²) in [7, 11) is 6.36. The highest BCUT2D eigenvalue weighted by Gasteiger charge is 2.15. The minimum absolute atomic E-state index is 0.876. The minimum Gasteiger partial charge on any atom is -0.379 e. The Bertz CT molecular complexity index is 2310. The molecule has 0 atom stereocenters. The molecule has 5 heterocycles. The average Bonchev–Trinajstić information content (AvgIpc) is 2.93. The number of hydrogen-bond acceptors (Lipinski definition) is 8. The third-order valence-electron chi connectivity index (χ3n) is 17.5. The molecule has 5 rings (SSSR count). The van der Waals surface area contributed by atoms with Crippen LogP contribution in [0.3, 0.4) is 0 Å². The molecular weight excluding hydrogens is 1150 g/mol. The highest BCUT2D eigenvalue weighted by atomic mass is 16.5. The van der Waals surface area contributed by atoms with Gasteiger partial charge in [-0.15, -0.1) is 0 Å². The monoisotopic (exact) mass is 1290 g/mol. The van der Waals surface area contributed by atoms with Gasteiger partial charge in [0.15, 0.2) is 0 Å². The molecule has 0 aromatic heterocycles. The van der Waals surface area contributed by atoms with Crippen LogP contribution in [0.15, 0.2) is 219 Å². The number of rotatable bonds is 36. The molecule has 0 radical (unpaired) electrons. The Kier molecular flexibility index (Phi) is 56.1. The van der Waals surface area contributed by atoms with E-state index in [-0.39, 0.29) is 0 Å². The molecule has 5 aliphatic heterocycles. The molecule has 0 aromatic carbocycles. The van der Waals surface area contributed by atoms with Crippen LogP contribution in [0, 0.1) is 0 Å². The van der Waals surface area contributed by atoms with Gasteiger partial charge in [-0.05, 0) is 218 Å². The van der Waals surface area contributed by atoms with Crippen LogP contribution in [0.25, 0.3) is 0 Å². The van der Waals surface area contributed by atoms with Crippen LogP contribution in [0.4, 0.5) is 0 Å². The number of morpholine rings is 1. The molecule has 8 heteroatoms. The summed E-state index contributed by atoms with van der Waals surface area (Å²) in [5.41, 5.74) is 15.6. The van der Waals surface area contributed by atoms with Gasteiger partial charge in [-0.25, -0.2) is 0 Å². The Balaban J connectivity index is 0.00000111. The summed E-state index contributed by atoms with van der Waals surface area (Å²) < 4.78 is 5.32. The van der Waals surface area contributed by atoms with Gasteiger partial charge in [-0.2, -0.15) is 0 Å². The first-order valence-electron chi connectivity index (χ1n) is 36.3. The first-order valence-corrected chi connectivity index (χ1v) is 36.3. The molecule has 0 amide bonds. The SMILES string of the molecule is C=CC(=C)CC/C=C(\C)CN(C)C.C=CC(=C)CC/C=C(\C)CN1CCCC1.C=CC(=C)CC/C=C(\C)CN1CCCCC1.C=CC(=C)CC/C=C(\C)CN1CCCCCC1.C=CC(=C)CC/C=C(\C)CN1CCN(C)CC1.C=CC(=C)CC/C=C(\C)CN1CCOCC1. The van der Waals surface area contributed by atoms with E-state index < -0.39 is 0 Å². The number of allylic oxidation sites excluding steroid dienone is 18. The van der Waals surface area contributed by atoms with E-state index in [1.165, 1.54) is 157 Å². The fourth-order valence-corrected chi connectivity index (χ4v) is 11.4. The van der Waals surface area contributed by atoms with Gasteiger partial charge in [0.25, 0.3) is 0 Å². The van der Waals surface area contributed by atoms with E-state index in [4.69, 9.17) is 4.74 Å². The lowest BCUT2D eigenvalue weighted by atomic mass is 10.1. The molecule has 0 aliphatic carbocycles. The van der Waals surface area contributed by atoms with E-state index in [1.807, 2.05) is 36.5 Å². The van der Waals surface area contributed by atoms with Crippen molar-refractivity contribution in [3.8, 4) is 0 Å². The first-order chi connectivity index (χ1) is 45.0. The predicted octanol–water partition coefficient (Wildman–Crippen LogP) is 20.3. The number of hydrogen-bond donors (Lipinski definition) is 0. The van der Waals surface area contributed by atoms with E-state index in [0.29, 0.717) is 0 Å². The van der Waals surface area contributed by atoms with Crippen LogP contribution in [-0.4, -0.2) is 186 Å². The van der Waals surface area contributed by atoms with Crippen LogP contribution < -0.4 is 0 Å². The van der Waals surface area contributed by atoms with Gasteiger partial charge in [0.2, 0.25) is 0 Å². The zero-order valence-corrected chi connectivity index (χ0v) is 62.9. The molecule has 5 saturated heterocycles. The first kappa shape index (κ1) is 89.0. The van der Waals surface area contributed by atoms with E-state index >= 15 is 0 Å². The maximum atomic E-state index is 5.32. The number of likely N-dealkylation sites (N-methyl/N-ethyl adjacent to an activating group) is 2. The molecule has 5 aliphatic rings. The van der Waals surface area contributed by atoms with Crippen molar-refractivity contribution in [1.29, 1.82) is 0 Å². The molecular formula is C86H145N7O. The van der Waals surface area contributed by atoms with Gasteiger partial charge < -0.3 is 14.5 Å². The summed E-state index contributed by atoms with van der Waals surface area (Å²) in [6.45, 7) is 82.1. The molecule has 0 aromatic rings. The summed E-state index contributed by atoms with van der Waals surface area (Å²) in [6.07, 6.45) is 50.3. The fourth-order valence-electron chi connectivity index (χ4n) is 11.4. The molecule has 94 heavy (non-hydrogen) atoms. The van der Waals surface area contributed by atoms with Crippen LogP contribution in [0.5, 0.6) is 0 Å². The number of likely N-dealkylation sites (tertiary alicyclic amines) is 3. The van der Waals surface area contributed by atoms with Gasteiger partial charge in [-0.1, -0.05) is 238 Å². The van der Waals surface area contributed by atoms with Crippen molar-refractivity contribution in [1.82, 2.24) is 34.3 Å². The van der Waals surface area contributed by atoms with Gasteiger partial charge in [-0.3, -0.25) is 24.5 Å². The second-order valence-corrected chi connectivity index (χ2v) is 27.4. The summed E-state index contributed by atoms with van der Waals surface area (Å²) in [5, 5.41) is 0. The minimum atomic E-state index is 0.876. The van der Waals surface area contributed by atoms with Crippen LogP contribution in [0.1, 0.15) is 176 Å². The zero-order valence-electron chi connectivity index (χ0n) is 62.9. The summed E-state index contributed by atoms with van der Waals surface area (Å²) >= 11 is 0. The van der Waals surface area contributed by atoms with Crippen LogP contribution in [-0.2, 0) is 4.74 Å². The van der Waals surface area contributed by atoms with Crippen molar-refractivity contribution in [3.05, 3.63) is 219 Å². The number of piperidine rings is 1. The highest BCUT2D eigenvalue weighted by molar-refractivity contribution is 5.17. The molecule has 8 nitrogen and oxygen atoms in total. The quantitative estimate of drug-likeness (QED) is 0.0453. The van der Waals surface area contributed by atoms with Gasteiger partial charge in [0.05, 0.1) is 13.2 Å². The maximum Gasteiger partial charge on any atom is 0.0594 e. The highest BCUT2D eigenvalue weighted by Crippen LogP contribution is 2.17. The Morgan fingerprint density at radius 1 is 0.309 bits per heavy atom. The molecule has 0 unspecified atom stereocenters. The Morgan fingerprint density at radius 3 is 0.766 bits per heavy atom. The van der Waals surface area contributed by atoms with E-state index in [9.17, 15) is 0 Å². The molecule has 5 fully saturated rings. The van der Waals surface area contributed by atoms with Crippen molar-refractivity contribution in [2.75, 3.05) is 152 Å². The fraction of sp³-hybridized carbons (Fsp3) is 0.581. The topological polar surface area (TPSA) is 31.9 Å². The Labute approximate surface area is 583 Å². The average molecular weight is 1290 g/mol. The number of ether oxygens (including phenoxy) is 1. The standard InChI is InChI=1S/C16H27N.C15H26N2.C15H25N.C14H23NO.C14H23N.C12H21N/c1-4-15(2)10-9-11-16(3)14-17-12-7-5-6-8-13-17;1-5-14(2)7-6-8-15(3)13-17-11-9-16(4)10-12-17;1-4-14(2)9-8-10-15(3)13-16-11-6-5-7-12-16;1-4-13(2)6-5-7-14(3)12-15-8-10-16-11-9-15;1-4-13(2)8-7-9-14(3)12-15-10-5-6-11-15;1-6-11(2)8-7-9-12(3)10-13(4)5/h4,11H,1-2,5-10,12-14H2,3H3;5,8H,1-2,6-7,9-13H2,3-4H3;4,10H,1-2,5-9,11-13H2,3H3;4,7H,1-2,5-6,8-12H2,3H3;4,9H,1-2,5-8,10-12H2,3H3;6,9H,1-2,7-8,10H2,3-5H3/b16-11+;15-8+;15-10+;14-7+;14-9+;12-9+. The van der Waals surface area contributed by atoms with E-state index in [1.54, 1.807) is 0 Å². The van der Waals surface area contributed by atoms with Gasteiger partial charge >= 0.3 is 0 Å². The van der Waals surface area contributed by atoms with Crippen molar-refractivity contribution in [2.45, 2.75) is 176 Å². The number of nitrogens with zero attached hydrogens (tertiary/aromatic N) is 7. The Morgan fingerprint density at radius 2 is 0.521 bits per heavy atom. The predicted molar refractivity (Wildman–Crippen MR) is 425 cm³/mol. The summed E-state index contributed by atoms with van der Waals surface area (Å²) in [4.78, 5) is 17.2. The Hall–Kier alpha value is -5.00. The molecule has 0 spiro atoms. The summed E-state index contributed by atoms with van der Waals surface area (Å²) in [5.74, 6) is 0. The van der Waals surface area contributed by atoms with Gasteiger partial charge in [0, 0.05) is 78.5 Å². The summed E-state index contributed by atoms with van der Waals surface area (Å²) in [6, 6.07) is 0. The normalized spacial score (nSPS) is 17.7. The lowest BCUT2D eigenvalue weighted by molar-refractivity contribution is 0.0422. The van der Waals surface area contributed by atoms with E-state index in [0.717, 1.165) is 176 Å². The molecule has 0 N–H and O–H groups in total. The van der Waals surface area contributed by atoms with Crippen LogP contribution >= 0.6 is 0 Å². The maximum absolute atomic E-state index is 5.32. The van der Waals surface area contributed by atoms with Gasteiger partial charge in [0.1, 0.15) is 0 Å². The second kappa shape index (κ2) is 59.3. The van der Waals surface area contributed by atoms with Crippen LogP contribution in [0.2, 0.25) is 0 Å². The van der Waals surface area contributed by atoms with E-state index in [2.05, 4.69) is 212 Å². The zero-order chi connectivity index (χ0) is 70.2. The lowest BCUT2D eigenvalue weighted by Gasteiger charge is -2.32. The lowest BCUT2D eigenvalue weighted by Crippen LogP contribution is -2.44. The second-order valence-electron chi connectivity index (χ2n) is 27.4. The third-order valence-corrected chi connectivity index (χ3v) is 17.5. The molecule has 0 saturated carbocycles. The van der Waals surface area contributed by atoms with Crippen molar-refractivity contribution < 1.29 is 4.74 Å². The largest absolute Gasteiger partial charge is 0.379 e. The number of piperazine rings is 1.